The molecule has 0 fully saturated rings. The zero-order chi connectivity index (χ0) is 24.4. The van der Waals surface area contributed by atoms with Gasteiger partial charge in [-0.3, -0.25) is 0 Å². The van der Waals surface area contributed by atoms with Crippen molar-refractivity contribution in [1.29, 1.82) is 0 Å². The van der Waals surface area contributed by atoms with E-state index in [0.717, 1.165) is 15.7 Å². The molecule has 0 radical (unpaired) electrons. The number of anilines is 1. The maximum Gasteiger partial charge on any atom is 0.241 e. The summed E-state index contributed by atoms with van der Waals surface area (Å²) >= 11 is 8.02. The van der Waals surface area contributed by atoms with Gasteiger partial charge in [-0.05, 0) is 53.9 Å². The number of ether oxygens (including phenoxy) is 2. The van der Waals surface area contributed by atoms with Crippen LogP contribution < -0.4 is 14.2 Å². The molecule has 0 aliphatic heterocycles. The van der Waals surface area contributed by atoms with Crippen molar-refractivity contribution in [2.24, 2.45) is 0 Å². The maximum absolute atomic E-state index is 13.8. The number of rotatable bonds is 7. The zero-order valence-corrected chi connectivity index (χ0v) is 20.2. The Labute approximate surface area is 209 Å². The van der Waals surface area contributed by atoms with Gasteiger partial charge >= 0.3 is 0 Å². The SMILES string of the molecule is COc1cc(-c2cccc(F)c2)c(Cl)cc1-c1nnc(OC)c2cc(SNc3ccon3)ccc12. The molecule has 1 N–H and O–H groups in total. The van der Waals surface area contributed by atoms with E-state index in [1.165, 1.54) is 30.3 Å². The van der Waals surface area contributed by atoms with E-state index in [9.17, 15) is 4.39 Å². The van der Waals surface area contributed by atoms with Crippen LogP contribution in [0.25, 0.3) is 33.2 Å². The molecule has 10 heteroatoms. The van der Waals surface area contributed by atoms with Gasteiger partial charge in [0.2, 0.25) is 5.88 Å². The molecule has 7 nitrogen and oxygen atoms in total. The molecule has 35 heavy (non-hydrogen) atoms. The number of hydrogen-bond donors (Lipinski definition) is 1. The van der Waals surface area contributed by atoms with Gasteiger partial charge < -0.3 is 18.7 Å². The third kappa shape index (κ3) is 4.60. The molecule has 0 atom stereocenters. The highest BCUT2D eigenvalue weighted by atomic mass is 35.5. The summed E-state index contributed by atoms with van der Waals surface area (Å²) in [5.41, 5.74) is 2.52. The van der Waals surface area contributed by atoms with Gasteiger partial charge in [0.1, 0.15) is 23.5 Å². The Bertz CT molecular complexity index is 1510. The lowest BCUT2D eigenvalue weighted by Gasteiger charge is -2.15. The van der Waals surface area contributed by atoms with Crippen LogP contribution in [0.15, 0.2) is 76.3 Å². The minimum atomic E-state index is -0.347. The van der Waals surface area contributed by atoms with Crippen LogP contribution in [0.1, 0.15) is 0 Å². The second kappa shape index (κ2) is 9.81. The van der Waals surface area contributed by atoms with E-state index >= 15 is 0 Å². The standard InChI is InChI=1S/C25H18ClFN4O3S/c1-32-22-13-18(14-4-3-5-15(27)10-14)21(26)12-20(22)24-17-7-6-16(35-31-23-8-9-34-30-23)11-19(17)25(33-2)29-28-24/h3-13H,1-2H3,(H,30,31). The van der Waals surface area contributed by atoms with Crippen LogP contribution >= 0.6 is 23.5 Å². The molecule has 0 saturated heterocycles. The summed E-state index contributed by atoms with van der Waals surface area (Å²) in [6, 6.07) is 17.3. The maximum atomic E-state index is 13.8. The Morgan fingerprint density at radius 3 is 2.57 bits per heavy atom. The average molecular weight is 509 g/mol. The summed E-state index contributed by atoms with van der Waals surface area (Å²) < 4.78 is 32.9. The number of halogens is 2. The van der Waals surface area contributed by atoms with Gasteiger partial charge in [0.15, 0.2) is 5.82 Å². The van der Waals surface area contributed by atoms with Crippen molar-refractivity contribution in [1.82, 2.24) is 15.4 Å². The molecule has 5 rings (SSSR count). The van der Waals surface area contributed by atoms with Gasteiger partial charge in [0, 0.05) is 37.9 Å². The molecule has 0 amide bonds. The first-order valence-electron chi connectivity index (χ1n) is 10.4. The normalized spacial score (nSPS) is 11.0. The lowest BCUT2D eigenvalue weighted by Crippen LogP contribution is -1.98. The van der Waals surface area contributed by atoms with Gasteiger partial charge in [-0.2, -0.15) is 0 Å². The van der Waals surface area contributed by atoms with Gasteiger partial charge in [-0.15, -0.1) is 10.2 Å². The van der Waals surface area contributed by atoms with Crippen molar-refractivity contribution in [2.75, 3.05) is 18.9 Å². The minimum Gasteiger partial charge on any atom is -0.496 e. The van der Waals surface area contributed by atoms with Crippen LogP contribution in [0.3, 0.4) is 0 Å². The van der Waals surface area contributed by atoms with Crippen LogP contribution in [0.4, 0.5) is 10.2 Å². The summed E-state index contributed by atoms with van der Waals surface area (Å²) in [5.74, 6) is 1.17. The second-order valence-electron chi connectivity index (χ2n) is 7.40. The summed E-state index contributed by atoms with van der Waals surface area (Å²) in [7, 11) is 3.10. The van der Waals surface area contributed by atoms with Gasteiger partial charge in [-0.25, -0.2) is 4.39 Å². The van der Waals surface area contributed by atoms with E-state index in [-0.39, 0.29) is 5.82 Å². The van der Waals surface area contributed by atoms with Crippen LogP contribution in [0.2, 0.25) is 5.02 Å². The predicted octanol–water partition coefficient (Wildman–Crippen LogP) is 6.88. The largest absolute Gasteiger partial charge is 0.496 e. The molecular formula is C25H18ClFN4O3S. The molecule has 3 aromatic carbocycles. The Kier molecular flexibility index (Phi) is 6.43. The average Bonchev–Trinajstić information content (AvgIpc) is 3.40. The van der Waals surface area contributed by atoms with Crippen molar-refractivity contribution < 1.29 is 18.4 Å². The van der Waals surface area contributed by atoms with Crippen molar-refractivity contribution in [3.05, 3.63) is 77.8 Å². The second-order valence-corrected chi connectivity index (χ2v) is 8.68. The first-order valence-corrected chi connectivity index (χ1v) is 11.6. The number of hydrogen-bond acceptors (Lipinski definition) is 8. The monoisotopic (exact) mass is 508 g/mol. The van der Waals surface area contributed by atoms with Gasteiger partial charge in [0.05, 0.1) is 14.2 Å². The quantitative estimate of drug-likeness (QED) is 0.238. The minimum absolute atomic E-state index is 0.347. The Hall–Kier alpha value is -3.82. The fraction of sp³-hybridized carbons (Fsp3) is 0.0800. The van der Waals surface area contributed by atoms with E-state index in [4.69, 9.17) is 25.6 Å². The molecule has 0 aliphatic carbocycles. The molecular weight excluding hydrogens is 491 g/mol. The molecule has 0 spiro atoms. The molecule has 0 unspecified atom stereocenters. The van der Waals surface area contributed by atoms with E-state index in [2.05, 4.69) is 20.1 Å². The molecule has 176 valence electrons. The highest BCUT2D eigenvalue weighted by molar-refractivity contribution is 8.00. The smallest absolute Gasteiger partial charge is 0.241 e. The van der Waals surface area contributed by atoms with Crippen molar-refractivity contribution in [2.45, 2.75) is 4.90 Å². The summed E-state index contributed by atoms with van der Waals surface area (Å²) in [6.45, 7) is 0. The van der Waals surface area contributed by atoms with Crippen LogP contribution in [0.5, 0.6) is 11.6 Å². The number of fused-ring (bicyclic) bond motifs is 1. The molecule has 2 aromatic heterocycles. The number of methoxy groups -OCH3 is 2. The number of benzene rings is 3. The lowest BCUT2D eigenvalue weighted by molar-refractivity contribution is 0.397. The van der Waals surface area contributed by atoms with Crippen molar-refractivity contribution in [3.8, 4) is 34.0 Å². The Morgan fingerprint density at radius 1 is 0.943 bits per heavy atom. The van der Waals surface area contributed by atoms with Crippen LogP contribution in [-0.4, -0.2) is 29.6 Å². The number of aromatic nitrogens is 3. The van der Waals surface area contributed by atoms with Gasteiger partial charge in [-0.1, -0.05) is 35.0 Å². The molecule has 0 aliphatic rings. The summed E-state index contributed by atoms with van der Waals surface area (Å²) in [5, 5.41) is 14.5. The van der Waals surface area contributed by atoms with Crippen LogP contribution in [-0.2, 0) is 0 Å². The van der Waals surface area contributed by atoms with E-state index in [1.54, 1.807) is 44.6 Å². The molecule has 2 heterocycles. The van der Waals surface area contributed by atoms with Crippen LogP contribution in [0, 0.1) is 5.82 Å². The van der Waals surface area contributed by atoms with E-state index in [0.29, 0.717) is 44.9 Å². The molecule has 5 aromatic rings. The summed E-state index contributed by atoms with van der Waals surface area (Å²) in [4.78, 5) is 0.907. The number of nitrogens with one attached hydrogen (secondary N) is 1. The third-order valence-electron chi connectivity index (χ3n) is 5.30. The fourth-order valence-corrected chi connectivity index (χ4v) is 4.60. The Balaban J connectivity index is 1.60. The lowest BCUT2D eigenvalue weighted by atomic mass is 9.99. The fourth-order valence-electron chi connectivity index (χ4n) is 3.68. The Morgan fingerprint density at radius 2 is 1.83 bits per heavy atom. The topological polar surface area (TPSA) is 82.3 Å². The third-order valence-corrected chi connectivity index (χ3v) is 6.42. The van der Waals surface area contributed by atoms with Crippen molar-refractivity contribution >= 4 is 40.1 Å². The first-order chi connectivity index (χ1) is 17.1. The predicted molar refractivity (Wildman–Crippen MR) is 134 cm³/mol. The summed E-state index contributed by atoms with van der Waals surface area (Å²) in [6.07, 6.45) is 1.49. The highest BCUT2D eigenvalue weighted by Gasteiger charge is 2.19. The van der Waals surface area contributed by atoms with Crippen molar-refractivity contribution in [3.63, 3.8) is 0 Å². The highest BCUT2D eigenvalue weighted by Crippen LogP contribution is 2.42. The number of nitrogens with zero attached hydrogens (tertiary/aromatic N) is 3. The zero-order valence-electron chi connectivity index (χ0n) is 18.6. The van der Waals surface area contributed by atoms with E-state index in [1.807, 2.05) is 18.2 Å². The van der Waals surface area contributed by atoms with E-state index < -0.39 is 0 Å². The molecule has 0 saturated carbocycles. The van der Waals surface area contributed by atoms with Gasteiger partial charge in [0.25, 0.3) is 0 Å². The molecule has 0 bridgehead atoms. The first kappa shape index (κ1) is 22.9.